The lowest BCUT2D eigenvalue weighted by atomic mass is 9.85. The molecule has 1 aliphatic carbocycles. The van der Waals surface area contributed by atoms with E-state index in [0.717, 1.165) is 16.1 Å². The molecule has 0 spiro atoms. The van der Waals surface area contributed by atoms with Gasteiger partial charge in [0.05, 0.1) is 11.8 Å². The molecule has 1 saturated heterocycles. The van der Waals surface area contributed by atoms with Gasteiger partial charge >= 0.3 is 0 Å². The molecule has 6 nitrogen and oxygen atoms in total. The second kappa shape index (κ2) is 6.70. The van der Waals surface area contributed by atoms with Gasteiger partial charge in [-0.1, -0.05) is 18.2 Å². The molecule has 0 aromatic heterocycles. The highest BCUT2D eigenvalue weighted by atomic mass is 16.5. The highest BCUT2D eigenvalue weighted by molar-refractivity contribution is 6.06. The zero-order valence-corrected chi connectivity index (χ0v) is 14.6. The summed E-state index contributed by atoms with van der Waals surface area (Å²) in [5.41, 5.74) is 4.62. The quantitative estimate of drug-likeness (QED) is 0.671. The molecule has 0 saturated carbocycles. The van der Waals surface area contributed by atoms with Gasteiger partial charge in [0.2, 0.25) is 0 Å². The first-order chi connectivity index (χ1) is 11.9. The third kappa shape index (κ3) is 3.29. The topological polar surface area (TPSA) is 75.7 Å². The highest BCUT2D eigenvalue weighted by Gasteiger charge is 2.48. The van der Waals surface area contributed by atoms with Crippen LogP contribution >= 0.6 is 0 Å². The van der Waals surface area contributed by atoms with Gasteiger partial charge in [-0.25, -0.2) is 0 Å². The Balaban J connectivity index is 1.64. The number of hydrazine groups is 1. The Morgan fingerprint density at radius 3 is 2.28 bits per heavy atom. The molecule has 1 aromatic rings. The van der Waals surface area contributed by atoms with Crippen LogP contribution in [0.4, 0.5) is 0 Å². The summed E-state index contributed by atoms with van der Waals surface area (Å²) in [4.78, 5) is 37.1. The summed E-state index contributed by atoms with van der Waals surface area (Å²) in [7, 11) is 0. The number of nitrogens with one attached hydrogen (secondary N) is 1. The second-order valence-corrected chi connectivity index (χ2v) is 6.65. The number of fused-ring (bicyclic) bond motifs is 1. The molecular weight excluding hydrogens is 320 g/mol. The van der Waals surface area contributed by atoms with Gasteiger partial charge in [-0.05, 0) is 56.9 Å². The van der Waals surface area contributed by atoms with Crippen LogP contribution in [-0.2, 0) is 14.4 Å². The zero-order valence-electron chi connectivity index (χ0n) is 14.6. The van der Waals surface area contributed by atoms with E-state index in [-0.39, 0.29) is 23.7 Å². The van der Waals surface area contributed by atoms with Gasteiger partial charge < -0.3 is 4.74 Å². The fourth-order valence-corrected chi connectivity index (χ4v) is 3.16. The van der Waals surface area contributed by atoms with E-state index >= 15 is 0 Å². The molecular formula is C19H22N2O4. The van der Waals surface area contributed by atoms with Crippen LogP contribution in [0, 0.1) is 25.7 Å². The van der Waals surface area contributed by atoms with Crippen molar-refractivity contribution in [2.24, 2.45) is 11.8 Å². The Kier molecular flexibility index (Phi) is 4.61. The maximum Gasteiger partial charge on any atom is 0.279 e. The molecule has 3 rings (SSSR count). The van der Waals surface area contributed by atoms with E-state index in [0.29, 0.717) is 18.6 Å². The van der Waals surface area contributed by atoms with Crippen molar-refractivity contribution in [2.75, 3.05) is 0 Å². The van der Waals surface area contributed by atoms with Crippen molar-refractivity contribution in [3.05, 3.63) is 41.5 Å². The van der Waals surface area contributed by atoms with Gasteiger partial charge in [0.25, 0.3) is 17.7 Å². The van der Waals surface area contributed by atoms with E-state index in [4.69, 9.17) is 4.74 Å². The summed E-state index contributed by atoms with van der Waals surface area (Å²) in [6, 6.07) is 5.56. The largest absolute Gasteiger partial charge is 0.481 e. The molecule has 3 amide bonds. The van der Waals surface area contributed by atoms with Crippen LogP contribution in [-0.4, -0.2) is 28.8 Å². The Hall–Kier alpha value is -2.63. The van der Waals surface area contributed by atoms with Crippen molar-refractivity contribution in [2.45, 2.75) is 39.7 Å². The Morgan fingerprint density at radius 1 is 1.12 bits per heavy atom. The molecule has 2 aliphatic rings. The molecule has 1 aromatic carbocycles. The van der Waals surface area contributed by atoms with Gasteiger partial charge in [-0.2, -0.15) is 5.01 Å². The van der Waals surface area contributed by atoms with E-state index in [2.05, 4.69) is 5.43 Å². The van der Waals surface area contributed by atoms with Gasteiger partial charge in [-0.3, -0.25) is 19.8 Å². The van der Waals surface area contributed by atoms with Gasteiger partial charge in [0.15, 0.2) is 6.10 Å². The number of imide groups is 1. The molecule has 3 unspecified atom stereocenters. The van der Waals surface area contributed by atoms with Crippen LogP contribution in [0.3, 0.4) is 0 Å². The van der Waals surface area contributed by atoms with Crippen LogP contribution in [0.1, 0.15) is 30.9 Å². The number of aryl methyl sites for hydroxylation is 2. The molecule has 1 aliphatic heterocycles. The molecule has 0 bridgehead atoms. The Labute approximate surface area is 146 Å². The number of benzene rings is 1. The predicted octanol–water partition coefficient (Wildman–Crippen LogP) is 2.05. The smallest absolute Gasteiger partial charge is 0.279 e. The van der Waals surface area contributed by atoms with Gasteiger partial charge in [0.1, 0.15) is 5.75 Å². The second-order valence-electron chi connectivity index (χ2n) is 6.65. The summed E-state index contributed by atoms with van der Waals surface area (Å²) < 4.78 is 5.64. The summed E-state index contributed by atoms with van der Waals surface area (Å²) in [5.74, 6) is -1.37. The maximum absolute atomic E-state index is 12.4. The molecule has 1 N–H and O–H groups in total. The number of carbonyl (C=O) groups is 3. The lowest BCUT2D eigenvalue weighted by Gasteiger charge is -2.20. The summed E-state index contributed by atoms with van der Waals surface area (Å²) in [6.07, 6.45) is 4.06. The van der Waals surface area contributed by atoms with Crippen molar-refractivity contribution >= 4 is 17.7 Å². The van der Waals surface area contributed by atoms with E-state index in [9.17, 15) is 14.4 Å². The molecule has 132 valence electrons. The molecule has 0 radical (unpaired) electrons. The minimum absolute atomic E-state index is 0.342. The van der Waals surface area contributed by atoms with E-state index in [1.807, 2.05) is 38.1 Å². The van der Waals surface area contributed by atoms with Crippen molar-refractivity contribution < 1.29 is 19.1 Å². The van der Waals surface area contributed by atoms with Crippen molar-refractivity contribution in [1.82, 2.24) is 10.4 Å². The molecule has 25 heavy (non-hydrogen) atoms. The fraction of sp³-hybridized carbons (Fsp3) is 0.421. The highest BCUT2D eigenvalue weighted by Crippen LogP contribution is 2.34. The third-order valence-electron chi connectivity index (χ3n) is 4.89. The first kappa shape index (κ1) is 17.2. The first-order valence-corrected chi connectivity index (χ1v) is 8.45. The fourth-order valence-electron chi connectivity index (χ4n) is 3.16. The molecule has 1 fully saturated rings. The first-order valence-electron chi connectivity index (χ1n) is 8.45. The number of hydrogen-bond acceptors (Lipinski definition) is 4. The summed E-state index contributed by atoms with van der Waals surface area (Å²) >= 11 is 0. The summed E-state index contributed by atoms with van der Waals surface area (Å²) in [6.45, 7) is 5.54. The number of nitrogens with zero attached hydrogens (tertiary/aromatic N) is 1. The van der Waals surface area contributed by atoms with Crippen molar-refractivity contribution in [1.29, 1.82) is 0 Å². The van der Waals surface area contributed by atoms with Crippen molar-refractivity contribution in [3.63, 3.8) is 0 Å². The normalized spacial score (nSPS) is 23.4. The number of hydrogen-bond donors (Lipinski definition) is 1. The average molecular weight is 342 g/mol. The minimum Gasteiger partial charge on any atom is -0.481 e. The number of ether oxygens (including phenoxy) is 1. The standard InChI is InChI=1S/C19H22N2O4/c1-11-8-9-14(10-12(11)2)25-13(3)17(22)20-21-18(23)15-6-4-5-7-16(15)19(21)24/h4-5,8-10,13,15-16H,6-7H2,1-3H3,(H,20,22). The van der Waals surface area contributed by atoms with Crippen LogP contribution in [0.5, 0.6) is 5.75 Å². The Bertz CT molecular complexity index is 730. The van der Waals surface area contributed by atoms with E-state index in [1.165, 1.54) is 0 Å². The monoisotopic (exact) mass is 342 g/mol. The van der Waals surface area contributed by atoms with Crippen LogP contribution in [0.25, 0.3) is 0 Å². The zero-order chi connectivity index (χ0) is 18.1. The van der Waals surface area contributed by atoms with Crippen LogP contribution in [0.2, 0.25) is 0 Å². The Morgan fingerprint density at radius 2 is 1.72 bits per heavy atom. The predicted molar refractivity (Wildman–Crippen MR) is 91.4 cm³/mol. The van der Waals surface area contributed by atoms with E-state index in [1.54, 1.807) is 13.0 Å². The minimum atomic E-state index is -0.830. The van der Waals surface area contributed by atoms with Gasteiger partial charge in [-0.15, -0.1) is 0 Å². The van der Waals surface area contributed by atoms with Crippen LogP contribution in [0.15, 0.2) is 30.4 Å². The number of amides is 3. The SMILES string of the molecule is Cc1ccc(OC(C)C(=O)NN2C(=O)C3CC=CCC3C2=O)cc1C. The van der Waals surface area contributed by atoms with E-state index < -0.39 is 12.0 Å². The van der Waals surface area contributed by atoms with Gasteiger partial charge in [0, 0.05) is 0 Å². The van der Waals surface area contributed by atoms with Crippen LogP contribution < -0.4 is 10.2 Å². The maximum atomic E-state index is 12.4. The average Bonchev–Trinajstić information content (AvgIpc) is 2.83. The molecule has 3 atom stereocenters. The van der Waals surface area contributed by atoms with Crippen molar-refractivity contribution in [3.8, 4) is 5.75 Å². The third-order valence-corrected chi connectivity index (χ3v) is 4.89. The lowest BCUT2D eigenvalue weighted by Crippen LogP contribution is -2.50. The number of rotatable bonds is 4. The lowest BCUT2D eigenvalue weighted by molar-refractivity contribution is -0.151. The number of allylic oxidation sites excluding steroid dienone is 2. The number of carbonyl (C=O) groups excluding carboxylic acids is 3. The summed E-state index contributed by atoms with van der Waals surface area (Å²) in [5, 5.41) is 0.866. The molecule has 6 heteroatoms. The molecule has 1 heterocycles.